The van der Waals surface area contributed by atoms with Crippen molar-refractivity contribution in [1.82, 2.24) is 0 Å². The van der Waals surface area contributed by atoms with E-state index in [1.807, 2.05) is 0 Å². The SMILES string of the molecule is COc1cc(C)cc(F)c1C#Cc1ccc(-c2ccc(-c3cc(F)c(C(F)(F)Oc4cc(F)c5c(F)c(F)c(F)cc5c4)c(F)c3)c(F)c2)c(F)c1. The van der Waals surface area contributed by atoms with E-state index in [1.54, 1.807) is 13.0 Å². The van der Waals surface area contributed by atoms with Crippen LogP contribution < -0.4 is 9.47 Å². The van der Waals surface area contributed by atoms with Gasteiger partial charge in [0.15, 0.2) is 17.5 Å². The van der Waals surface area contributed by atoms with Crippen molar-refractivity contribution in [3.05, 3.63) is 153 Å². The lowest BCUT2D eigenvalue weighted by atomic mass is 9.97. The first-order valence-corrected chi connectivity index (χ1v) is 14.9. The quantitative estimate of drug-likeness (QED) is 0.0966. The summed E-state index contributed by atoms with van der Waals surface area (Å²) in [6.07, 6.45) is -4.85. The number of halogens is 11. The third kappa shape index (κ3) is 6.71. The van der Waals surface area contributed by atoms with E-state index in [0.717, 1.165) is 18.2 Å². The predicted octanol–water partition coefficient (Wildman–Crippen LogP) is 11.3. The largest absolute Gasteiger partial charge is 0.495 e. The van der Waals surface area contributed by atoms with Crippen LogP contribution in [0.4, 0.5) is 48.3 Å². The average molecular weight is 729 g/mol. The molecule has 0 radical (unpaired) electrons. The summed E-state index contributed by atoms with van der Waals surface area (Å²) in [5.74, 6) is -9.42. The second kappa shape index (κ2) is 13.6. The molecule has 0 N–H and O–H groups in total. The fourth-order valence-electron chi connectivity index (χ4n) is 5.50. The Morgan fingerprint density at radius 3 is 1.85 bits per heavy atom. The van der Waals surface area contributed by atoms with Gasteiger partial charge in [0.1, 0.15) is 57.5 Å². The molecular formula is C39H19F11O2. The zero-order chi connectivity index (χ0) is 37.6. The van der Waals surface area contributed by atoms with E-state index in [0.29, 0.717) is 29.8 Å². The third-order valence-electron chi connectivity index (χ3n) is 7.89. The monoisotopic (exact) mass is 728 g/mol. The maximum Gasteiger partial charge on any atom is 0.432 e. The van der Waals surface area contributed by atoms with Gasteiger partial charge in [-0.2, -0.15) is 8.78 Å². The highest BCUT2D eigenvalue weighted by molar-refractivity contribution is 5.85. The van der Waals surface area contributed by atoms with Gasteiger partial charge < -0.3 is 9.47 Å². The lowest BCUT2D eigenvalue weighted by Crippen LogP contribution is -2.25. The van der Waals surface area contributed by atoms with E-state index < -0.39 is 91.7 Å². The summed E-state index contributed by atoms with van der Waals surface area (Å²) in [5.41, 5.74) is -2.34. The summed E-state index contributed by atoms with van der Waals surface area (Å²) in [7, 11) is 1.34. The number of alkyl halides is 2. The summed E-state index contributed by atoms with van der Waals surface area (Å²) >= 11 is 0. The highest BCUT2D eigenvalue weighted by atomic mass is 19.3. The first-order chi connectivity index (χ1) is 24.6. The highest BCUT2D eigenvalue weighted by Crippen LogP contribution is 2.40. The minimum Gasteiger partial charge on any atom is -0.495 e. The van der Waals surface area contributed by atoms with Gasteiger partial charge in [0.25, 0.3) is 0 Å². The number of methoxy groups -OCH3 is 1. The van der Waals surface area contributed by atoms with Crippen molar-refractivity contribution in [3.63, 3.8) is 0 Å². The van der Waals surface area contributed by atoms with Crippen LogP contribution in [0.1, 0.15) is 22.3 Å². The maximum atomic E-state index is 15.3. The molecule has 0 spiro atoms. The van der Waals surface area contributed by atoms with Gasteiger partial charge in [-0.15, -0.1) is 0 Å². The number of aryl methyl sites for hydroxylation is 1. The number of fused-ring (bicyclic) bond motifs is 1. The lowest BCUT2D eigenvalue weighted by Gasteiger charge is -2.20. The van der Waals surface area contributed by atoms with Gasteiger partial charge in [-0.1, -0.05) is 30.0 Å². The molecule has 0 aliphatic rings. The normalized spacial score (nSPS) is 11.4. The number of hydrogen-bond acceptors (Lipinski definition) is 2. The maximum absolute atomic E-state index is 15.3. The van der Waals surface area contributed by atoms with Crippen LogP contribution in [0.2, 0.25) is 0 Å². The summed E-state index contributed by atoms with van der Waals surface area (Å²) in [6.45, 7) is 1.67. The average Bonchev–Trinajstić information content (AvgIpc) is 3.05. The van der Waals surface area contributed by atoms with Crippen molar-refractivity contribution >= 4 is 10.8 Å². The summed E-state index contributed by atoms with van der Waals surface area (Å²) < 4.78 is 170. The van der Waals surface area contributed by atoms with E-state index in [1.165, 1.54) is 31.4 Å². The van der Waals surface area contributed by atoms with Gasteiger partial charge in [-0.05, 0) is 83.6 Å². The zero-order valence-corrected chi connectivity index (χ0v) is 26.5. The van der Waals surface area contributed by atoms with E-state index in [2.05, 4.69) is 16.6 Å². The Balaban J connectivity index is 1.26. The lowest BCUT2D eigenvalue weighted by molar-refractivity contribution is -0.189. The van der Waals surface area contributed by atoms with Crippen molar-refractivity contribution < 1.29 is 57.8 Å². The molecule has 0 aromatic heterocycles. The molecular weight excluding hydrogens is 709 g/mol. The molecule has 264 valence electrons. The Morgan fingerprint density at radius 1 is 0.558 bits per heavy atom. The van der Waals surface area contributed by atoms with Crippen molar-refractivity contribution in [1.29, 1.82) is 0 Å². The first-order valence-electron chi connectivity index (χ1n) is 14.9. The molecule has 0 unspecified atom stereocenters. The second-order valence-electron chi connectivity index (χ2n) is 11.4. The van der Waals surface area contributed by atoms with Gasteiger partial charge in [0, 0.05) is 22.8 Å². The molecule has 6 rings (SSSR count). The molecule has 0 aliphatic carbocycles. The van der Waals surface area contributed by atoms with Gasteiger partial charge in [0.05, 0.1) is 12.5 Å². The van der Waals surface area contributed by atoms with Gasteiger partial charge in [-0.3, -0.25) is 0 Å². The Morgan fingerprint density at radius 2 is 1.19 bits per heavy atom. The van der Waals surface area contributed by atoms with Crippen LogP contribution in [0.3, 0.4) is 0 Å². The van der Waals surface area contributed by atoms with E-state index in [9.17, 15) is 22.0 Å². The number of ether oxygens (including phenoxy) is 2. The smallest absolute Gasteiger partial charge is 0.432 e. The highest BCUT2D eigenvalue weighted by Gasteiger charge is 2.41. The van der Waals surface area contributed by atoms with Crippen molar-refractivity contribution in [2.24, 2.45) is 0 Å². The van der Waals surface area contributed by atoms with Crippen LogP contribution in [0, 0.1) is 71.1 Å². The van der Waals surface area contributed by atoms with Gasteiger partial charge in [-0.25, -0.2) is 39.5 Å². The van der Waals surface area contributed by atoms with Gasteiger partial charge in [0.2, 0.25) is 0 Å². The summed E-state index contributed by atoms with van der Waals surface area (Å²) in [4.78, 5) is 0. The predicted molar refractivity (Wildman–Crippen MR) is 169 cm³/mol. The second-order valence-corrected chi connectivity index (χ2v) is 11.4. The fourth-order valence-corrected chi connectivity index (χ4v) is 5.50. The molecule has 0 saturated carbocycles. The van der Waals surface area contributed by atoms with Crippen LogP contribution in [-0.4, -0.2) is 7.11 Å². The standard InChI is InChI=1S/C39H19F11O2/c1-18-9-27(40)26(34(10-18)51-2)7-4-19-3-6-24(28(41)11-19)20-5-8-25(29(42)13-20)21-14-31(44)36(32(45)15-21)39(49,50)52-23-12-22-16-33(46)37(47)38(48)35(22)30(43)17-23/h3,5-6,8-17H,1-2H3. The van der Waals surface area contributed by atoms with Gasteiger partial charge >= 0.3 is 6.11 Å². The number of hydrogen-bond donors (Lipinski definition) is 0. The molecule has 0 aliphatic heterocycles. The van der Waals surface area contributed by atoms with E-state index in [4.69, 9.17) is 4.74 Å². The Labute approximate surface area is 287 Å². The van der Waals surface area contributed by atoms with Crippen molar-refractivity contribution in [2.45, 2.75) is 13.0 Å². The topological polar surface area (TPSA) is 18.5 Å². The molecule has 52 heavy (non-hydrogen) atoms. The molecule has 0 saturated heterocycles. The number of benzene rings is 6. The minimum absolute atomic E-state index is 0.00729. The summed E-state index contributed by atoms with van der Waals surface area (Å²) in [6, 6.07) is 11.4. The van der Waals surface area contributed by atoms with Crippen LogP contribution in [0.15, 0.2) is 78.9 Å². The van der Waals surface area contributed by atoms with Crippen molar-refractivity contribution in [3.8, 4) is 45.6 Å². The minimum atomic E-state index is -4.85. The Hall–Kier alpha value is -6.03. The molecule has 13 heteroatoms. The third-order valence-corrected chi connectivity index (χ3v) is 7.89. The van der Waals surface area contributed by atoms with E-state index >= 15 is 26.3 Å². The Kier molecular flexibility index (Phi) is 9.36. The van der Waals surface area contributed by atoms with Crippen molar-refractivity contribution in [2.75, 3.05) is 7.11 Å². The molecule has 0 fully saturated rings. The molecule has 2 nitrogen and oxygen atoms in total. The van der Waals surface area contributed by atoms with Crippen LogP contribution in [-0.2, 0) is 6.11 Å². The molecule has 6 aromatic carbocycles. The Bertz CT molecular complexity index is 2460. The zero-order valence-electron chi connectivity index (χ0n) is 26.5. The van der Waals surface area contributed by atoms with Crippen LogP contribution >= 0.6 is 0 Å². The van der Waals surface area contributed by atoms with Crippen LogP contribution in [0.25, 0.3) is 33.0 Å². The summed E-state index contributed by atoms with van der Waals surface area (Å²) in [5, 5.41) is -1.80. The number of rotatable bonds is 6. The van der Waals surface area contributed by atoms with E-state index in [-0.39, 0.29) is 34.1 Å². The molecule has 0 bridgehead atoms. The molecule has 0 atom stereocenters. The fraction of sp³-hybridized carbons (Fsp3) is 0.0769. The molecule has 0 amide bonds. The molecule has 6 aromatic rings. The molecule has 0 heterocycles. The first kappa shape index (κ1) is 35.8. The van der Waals surface area contributed by atoms with Crippen LogP contribution in [0.5, 0.6) is 11.5 Å².